The molecule has 5 heteroatoms. The Morgan fingerprint density at radius 3 is 1.30 bits per heavy atom. The second-order valence-electron chi connectivity index (χ2n) is 1.44. The van der Waals surface area contributed by atoms with Crippen molar-refractivity contribution in [2.24, 2.45) is 0 Å². The molecule has 0 aromatic rings. The first-order valence-electron chi connectivity index (χ1n) is 2.66. The van der Waals surface area contributed by atoms with Gasteiger partial charge in [-0.15, -0.1) is 0 Å². The summed E-state index contributed by atoms with van der Waals surface area (Å²) in [6.45, 7) is -0.604. The lowest BCUT2D eigenvalue weighted by atomic mass is 10.6. The standard InChI is InChI=1S/C3H7F.C2H2F4/c1-2-3-4;3-1-2(4,5)6/h2-3H2,1H3;1H2. The fourth-order valence-corrected chi connectivity index (χ4v) is 0. The zero-order valence-electron chi connectivity index (χ0n) is 5.51. The van der Waals surface area contributed by atoms with Crippen molar-refractivity contribution in [2.75, 3.05) is 13.3 Å². The van der Waals surface area contributed by atoms with E-state index in [9.17, 15) is 22.0 Å². The van der Waals surface area contributed by atoms with Gasteiger partial charge in [-0.3, -0.25) is 4.39 Å². The van der Waals surface area contributed by atoms with Crippen LogP contribution in [0.5, 0.6) is 0 Å². The van der Waals surface area contributed by atoms with Gasteiger partial charge in [0, 0.05) is 0 Å². The van der Waals surface area contributed by atoms with E-state index in [0.29, 0.717) is 6.42 Å². The van der Waals surface area contributed by atoms with Crippen molar-refractivity contribution in [3.63, 3.8) is 0 Å². The molecule has 0 N–H and O–H groups in total. The highest BCUT2D eigenvalue weighted by Crippen LogP contribution is 2.13. The molecule has 0 saturated carbocycles. The molecule has 0 unspecified atom stereocenters. The minimum absolute atomic E-state index is 0.181. The normalized spacial score (nSPS) is 10.2. The van der Waals surface area contributed by atoms with E-state index < -0.39 is 12.9 Å². The maximum absolute atomic E-state index is 10.7. The first-order valence-corrected chi connectivity index (χ1v) is 2.66. The van der Waals surface area contributed by atoms with Crippen LogP contribution in [0.3, 0.4) is 0 Å². The SMILES string of the molecule is CCCF.FCC(F)(F)F. The van der Waals surface area contributed by atoms with E-state index in [0.717, 1.165) is 0 Å². The smallest absolute Gasteiger partial charge is 0.251 e. The van der Waals surface area contributed by atoms with Crippen molar-refractivity contribution in [1.82, 2.24) is 0 Å². The third-order valence-corrected chi connectivity index (χ3v) is 0.341. The zero-order valence-corrected chi connectivity index (χ0v) is 5.51. The van der Waals surface area contributed by atoms with Crippen molar-refractivity contribution in [3.05, 3.63) is 0 Å². The van der Waals surface area contributed by atoms with Crippen LogP contribution in [-0.2, 0) is 0 Å². The Labute approximate surface area is 56.0 Å². The lowest BCUT2D eigenvalue weighted by Gasteiger charge is -1.93. The monoisotopic (exact) mass is 164 g/mol. The van der Waals surface area contributed by atoms with Crippen molar-refractivity contribution in [1.29, 1.82) is 0 Å². The summed E-state index contributed by atoms with van der Waals surface area (Å²) >= 11 is 0. The van der Waals surface area contributed by atoms with E-state index in [-0.39, 0.29) is 6.67 Å². The van der Waals surface area contributed by atoms with Crippen LogP contribution in [-0.4, -0.2) is 19.5 Å². The van der Waals surface area contributed by atoms with Crippen LogP contribution in [0, 0.1) is 0 Å². The Morgan fingerprint density at radius 1 is 1.10 bits per heavy atom. The summed E-state index contributed by atoms with van der Waals surface area (Å²) in [7, 11) is 0. The molecule has 10 heavy (non-hydrogen) atoms. The maximum atomic E-state index is 10.7. The van der Waals surface area contributed by atoms with Crippen molar-refractivity contribution >= 4 is 0 Å². The van der Waals surface area contributed by atoms with E-state index in [1.807, 2.05) is 0 Å². The van der Waals surface area contributed by atoms with Gasteiger partial charge in [0.15, 0.2) is 6.67 Å². The fraction of sp³-hybridized carbons (Fsp3) is 1.00. The predicted molar refractivity (Wildman–Crippen MR) is 28.3 cm³/mol. The highest BCUT2D eigenvalue weighted by atomic mass is 19.4. The van der Waals surface area contributed by atoms with Gasteiger partial charge in [-0.05, 0) is 6.42 Å². The second-order valence-corrected chi connectivity index (χ2v) is 1.44. The second kappa shape index (κ2) is 6.77. The van der Waals surface area contributed by atoms with Crippen molar-refractivity contribution in [2.45, 2.75) is 19.5 Å². The van der Waals surface area contributed by atoms with Crippen LogP contribution >= 0.6 is 0 Å². The number of alkyl halides is 5. The summed E-state index contributed by atoms with van der Waals surface area (Å²) < 4.78 is 52.3. The van der Waals surface area contributed by atoms with Crippen LogP contribution in [0.25, 0.3) is 0 Å². The van der Waals surface area contributed by atoms with E-state index in [4.69, 9.17) is 0 Å². The Kier molecular flexibility index (Phi) is 8.35. The van der Waals surface area contributed by atoms with Gasteiger partial charge in [0.05, 0.1) is 6.67 Å². The molecule has 0 rings (SSSR count). The quantitative estimate of drug-likeness (QED) is 0.522. The molecule has 0 aliphatic heterocycles. The van der Waals surface area contributed by atoms with Crippen LogP contribution in [0.4, 0.5) is 22.0 Å². The largest absolute Gasteiger partial charge is 0.416 e. The van der Waals surface area contributed by atoms with Crippen LogP contribution in [0.2, 0.25) is 0 Å². The molecule has 0 heterocycles. The zero-order chi connectivity index (χ0) is 8.62. The molecule has 64 valence electrons. The molecule has 0 aromatic heterocycles. The number of hydrogen-bond acceptors (Lipinski definition) is 0. The van der Waals surface area contributed by atoms with Gasteiger partial charge in [0.2, 0.25) is 0 Å². The third-order valence-electron chi connectivity index (χ3n) is 0.341. The lowest BCUT2D eigenvalue weighted by Crippen LogP contribution is -2.08. The minimum atomic E-state index is -4.62. The summed E-state index contributed by atoms with van der Waals surface area (Å²) in [6.07, 6.45) is -3.97. The van der Waals surface area contributed by atoms with Gasteiger partial charge in [0.25, 0.3) is 0 Å². The van der Waals surface area contributed by atoms with Gasteiger partial charge < -0.3 is 0 Å². The van der Waals surface area contributed by atoms with Gasteiger partial charge in [0.1, 0.15) is 0 Å². The Morgan fingerprint density at radius 2 is 1.30 bits per heavy atom. The molecule has 0 aliphatic carbocycles. The molecule has 0 radical (unpaired) electrons. The summed E-state index contributed by atoms with van der Waals surface area (Å²) in [5.41, 5.74) is 0. The number of hydrogen-bond donors (Lipinski definition) is 0. The van der Waals surface area contributed by atoms with E-state index >= 15 is 0 Å². The van der Waals surface area contributed by atoms with Gasteiger partial charge in [-0.1, -0.05) is 6.92 Å². The van der Waals surface area contributed by atoms with Crippen molar-refractivity contribution < 1.29 is 22.0 Å². The van der Waals surface area contributed by atoms with Crippen LogP contribution < -0.4 is 0 Å². The fourth-order valence-electron chi connectivity index (χ4n) is 0. The topological polar surface area (TPSA) is 0 Å². The third kappa shape index (κ3) is 25.4. The van der Waals surface area contributed by atoms with Crippen LogP contribution in [0.1, 0.15) is 13.3 Å². The molecule has 0 amide bonds. The molecule has 0 aromatic carbocycles. The lowest BCUT2D eigenvalue weighted by molar-refractivity contribution is -0.142. The molecule has 0 spiro atoms. The maximum Gasteiger partial charge on any atom is 0.416 e. The molecular formula is C5H9F5. The summed E-state index contributed by atoms with van der Waals surface area (Å²) in [6, 6.07) is 0. The highest BCUT2D eigenvalue weighted by molar-refractivity contribution is 4.39. The number of rotatable bonds is 1. The molecule has 0 fully saturated rings. The van der Waals surface area contributed by atoms with Gasteiger partial charge >= 0.3 is 6.18 Å². The summed E-state index contributed by atoms with van der Waals surface area (Å²) in [5.74, 6) is 0. The average molecular weight is 164 g/mol. The minimum Gasteiger partial charge on any atom is -0.251 e. The predicted octanol–water partition coefficient (Wildman–Crippen LogP) is 2.88. The highest BCUT2D eigenvalue weighted by Gasteiger charge is 2.26. The summed E-state index contributed by atoms with van der Waals surface area (Å²) in [4.78, 5) is 0. The molecule has 0 nitrogen and oxygen atoms in total. The Balaban J connectivity index is 0. The summed E-state index contributed by atoms with van der Waals surface area (Å²) in [5, 5.41) is 0. The van der Waals surface area contributed by atoms with Gasteiger partial charge in [-0.2, -0.15) is 13.2 Å². The average Bonchev–Trinajstić information content (AvgIpc) is 1.87. The van der Waals surface area contributed by atoms with E-state index in [2.05, 4.69) is 0 Å². The molecule has 0 atom stereocenters. The van der Waals surface area contributed by atoms with Crippen LogP contribution in [0.15, 0.2) is 0 Å². The Bertz CT molecular complexity index is 55.5. The molecule has 0 saturated heterocycles. The molecule has 0 aliphatic rings. The van der Waals surface area contributed by atoms with E-state index in [1.165, 1.54) is 0 Å². The first-order chi connectivity index (χ1) is 4.47. The first kappa shape index (κ1) is 12.3. The molecular weight excluding hydrogens is 155 g/mol. The van der Waals surface area contributed by atoms with Crippen molar-refractivity contribution in [3.8, 4) is 0 Å². The Hall–Kier alpha value is -0.350. The van der Waals surface area contributed by atoms with E-state index in [1.54, 1.807) is 6.92 Å². The van der Waals surface area contributed by atoms with Gasteiger partial charge in [-0.25, -0.2) is 4.39 Å². The number of halogens is 5. The molecule has 0 bridgehead atoms.